The monoisotopic (exact) mass is 336 g/mol. The molecule has 0 unspecified atom stereocenters. The Morgan fingerprint density at radius 3 is 1.48 bits per heavy atom. The molecule has 0 amide bonds. The minimum Gasteiger partial charge on any atom is -0.254 e. The van der Waals surface area contributed by atoms with Crippen molar-refractivity contribution in [1.29, 1.82) is 0 Å². The van der Waals surface area contributed by atoms with Crippen molar-refractivity contribution in [2.24, 2.45) is 41.4 Å². The summed E-state index contributed by atoms with van der Waals surface area (Å²) in [5.41, 5.74) is 8.47. The molecule has 0 atom stereocenters. The molecule has 130 valence electrons. The topological polar surface area (TPSA) is 24.1 Å². The largest absolute Gasteiger partial charge is 0.254 e. The average Bonchev–Trinajstić information content (AvgIpc) is 2.44. The Bertz CT molecular complexity index is 413. The van der Waals surface area contributed by atoms with Crippen molar-refractivity contribution in [2.75, 3.05) is 0 Å². The summed E-state index contributed by atoms with van der Waals surface area (Å²) < 4.78 is 0. The Morgan fingerprint density at radius 1 is 0.565 bits per heavy atom. The highest BCUT2D eigenvalue weighted by atomic mass is 35.5. The summed E-state index contributed by atoms with van der Waals surface area (Å²) in [7, 11) is 0. The van der Waals surface area contributed by atoms with Gasteiger partial charge in [-0.15, -0.1) is 12.4 Å². The fourth-order valence-electron chi connectivity index (χ4n) is 8.66. The predicted octanol–water partition coefficient (Wildman–Crippen LogP) is 4.30. The zero-order chi connectivity index (χ0) is 14.3. The van der Waals surface area contributed by atoms with Crippen molar-refractivity contribution in [3.8, 4) is 0 Å². The van der Waals surface area contributed by atoms with E-state index in [1.165, 1.54) is 44.9 Å². The van der Waals surface area contributed by atoms with E-state index in [9.17, 15) is 0 Å². The number of nitrogens with one attached hydrogen (secondary N) is 2. The maximum Gasteiger partial charge on any atom is 0.0331 e. The first-order chi connectivity index (χ1) is 10.7. The SMILES string of the molecule is C1C2CC3CC1CC(C2)C3NNC12CC3CC(CC(C3)C1)C2.Cl. The molecule has 0 aromatic rings. The number of halogens is 1. The highest BCUT2D eigenvalue weighted by Crippen LogP contribution is 2.56. The van der Waals surface area contributed by atoms with Gasteiger partial charge in [0.25, 0.3) is 0 Å². The molecule has 23 heavy (non-hydrogen) atoms. The lowest BCUT2D eigenvalue weighted by Crippen LogP contribution is -2.66. The van der Waals surface area contributed by atoms with Crippen molar-refractivity contribution in [1.82, 2.24) is 10.9 Å². The van der Waals surface area contributed by atoms with Crippen molar-refractivity contribution in [3.63, 3.8) is 0 Å². The quantitative estimate of drug-likeness (QED) is 0.751. The summed E-state index contributed by atoms with van der Waals surface area (Å²) in [5.74, 6) is 7.35. The minimum absolute atomic E-state index is 0. The van der Waals surface area contributed by atoms with E-state index >= 15 is 0 Å². The molecule has 8 aliphatic rings. The van der Waals surface area contributed by atoms with Crippen molar-refractivity contribution in [3.05, 3.63) is 0 Å². The van der Waals surface area contributed by atoms with E-state index in [2.05, 4.69) is 10.9 Å². The number of rotatable bonds is 3. The van der Waals surface area contributed by atoms with Crippen molar-refractivity contribution >= 4 is 12.4 Å². The van der Waals surface area contributed by atoms with Crippen LogP contribution in [-0.4, -0.2) is 11.6 Å². The Labute approximate surface area is 147 Å². The van der Waals surface area contributed by atoms with Crippen LogP contribution in [0.4, 0.5) is 0 Å². The lowest BCUT2D eigenvalue weighted by atomic mass is 9.53. The molecule has 2 nitrogen and oxygen atoms in total. The minimum atomic E-state index is 0. The Kier molecular flexibility index (Phi) is 3.60. The highest BCUT2D eigenvalue weighted by Gasteiger charge is 2.52. The van der Waals surface area contributed by atoms with Crippen LogP contribution in [0.15, 0.2) is 0 Å². The Balaban J connectivity index is 0.00000121. The van der Waals surface area contributed by atoms with Crippen molar-refractivity contribution in [2.45, 2.75) is 82.2 Å². The fourth-order valence-corrected chi connectivity index (χ4v) is 8.66. The number of hydrogen-bond acceptors (Lipinski definition) is 2. The molecule has 8 rings (SSSR count). The van der Waals surface area contributed by atoms with Gasteiger partial charge >= 0.3 is 0 Å². The molecule has 0 spiro atoms. The third-order valence-electron chi connectivity index (χ3n) is 8.77. The van der Waals surface area contributed by atoms with E-state index < -0.39 is 0 Å². The van der Waals surface area contributed by atoms with Gasteiger partial charge in [-0.1, -0.05) is 0 Å². The molecule has 0 aromatic heterocycles. The van der Waals surface area contributed by atoms with Gasteiger partial charge in [0.2, 0.25) is 0 Å². The third kappa shape index (κ3) is 2.42. The van der Waals surface area contributed by atoms with Gasteiger partial charge in [-0.3, -0.25) is 10.9 Å². The van der Waals surface area contributed by atoms with E-state index in [0.29, 0.717) is 5.54 Å². The van der Waals surface area contributed by atoms with Crippen LogP contribution in [0.25, 0.3) is 0 Å². The first kappa shape index (κ1) is 15.5. The summed E-state index contributed by atoms with van der Waals surface area (Å²) in [6.45, 7) is 0. The Hall–Kier alpha value is 0.210. The molecule has 0 radical (unpaired) electrons. The second kappa shape index (κ2) is 5.35. The first-order valence-corrected chi connectivity index (χ1v) is 10.3. The van der Waals surface area contributed by atoms with Gasteiger partial charge in [0, 0.05) is 11.6 Å². The molecule has 0 heterocycles. The van der Waals surface area contributed by atoms with E-state index in [1.54, 1.807) is 25.7 Å². The maximum atomic E-state index is 4.01. The van der Waals surface area contributed by atoms with Crippen molar-refractivity contribution < 1.29 is 0 Å². The van der Waals surface area contributed by atoms with Crippen LogP contribution in [0.3, 0.4) is 0 Å². The van der Waals surface area contributed by atoms with Gasteiger partial charge < -0.3 is 0 Å². The normalized spacial score (nSPS) is 58.4. The lowest BCUT2D eigenvalue weighted by Gasteiger charge is -2.59. The predicted molar refractivity (Wildman–Crippen MR) is 95.3 cm³/mol. The maximum absolute atomic E-state index is 4.01. The summed E-state index contributed by atoms with van der Waals surface area (Å²) in [4.78, 5) is 0. The molecule has 8 saturated carbocycles. The molecule has 8 fully saturated rings. The van der Waals surface area contributed by atoms with Crippen LogP contribution in [0.5, 0.6) is 0 Å². The molecule has 3 heteroatoms. The highest BCUT2D eigenvalue weighted by molar-refractivity contribution is 5.85. The summed E-state index contributed by atoms with van der Waals surface area (Å²) in [6.07, 6.45) is 16.8. The molecular weight excluding hydrogens is 304 g/mol. The molecule has 8 aliphatic carbocycles. The van der Waals surface area contributed by atoms with E-state index in [0.717, 1.165) is 47.5 Å². The standard InChI is InChI=1S/C20H32N2.ClH/c1-12-5-17-7-13(1)8-18(6-12)19(17)21-22-20-9-14-2-15(10-20)4-16(3-14)11-20;/h12-19,21-22H,1-11H2;1H. The zero-order valence-electron chi connectivity index (χ0n) is 14.3. The third-order valence-corrected chi connectivity index (χ3v) is 8.77. The molecule has 0 aliphatic heterocycles. The van der Waals surface area contributed by atoms with Crippen LogP contribution < -0.4 is 10.9 Å². The van der Waals surface area contributed by atoms with Crippen LogP contribution >= 0.6 is 12.4 Å². The van der Waals surface area contributed by atoms with E-state index in [4.69, 9.17) is 0 Å². The van der Waals surface area contributed by atoms with Gasteiger partial charge in [-0.2, -0.15) is 0 Å². The molecule has 8 bridgehead atoms. The number of hydrazine groups is 1. The smallest absolute Gasteiger partial charge is 0.0331 e. The Morgan fingerprint density at radius 2 is 1.00 bits per heavy atom. The molecular formula is C20H33ClN2. The summed E-state index contributed by atoms with van der Waals surface area (Å²) >= 11 is 0. The lowest BCUT2D eigenvalue weighted by molar-refractivity contribution is -0.0547. The van der Waals surface area contributed by atoms with Crippen LogP contribution in [0.2, 0.25) is 0 Å². The van der Waals surface area contributed by atoms with Gasteiger partial charge in [-0.25, -0.2) is 0 Å². The second-order valence-electron chi connectivity index (χ2n) is 10.4. The van der Waals surface area contributed by atoms with Gasteiger partial charge in [0.1, 0.15) is 0 Å². The van der Waals surface area contributed by atoms with Gasteiger partial charge in [0.15, 0.2) is 0 Å². The second-order valence-corrected chi connectivity index (χ2v) is 10.4. The fraction of sp³-hybridized carbons (Fsp3) is 1.00. The average molecular weight is 337 g/mol. The number of hydrogen-bond donors (Lipinski definition) is 2. The summed E-state index contributed by atoms with van der Waals surface area (Å²) in [5, 5.41) is 0. The van der Waals surface area contributed by atoms with E-state index in [1.807, 2.05) is 0 Å². The van der Waals surface area contributed by atoms with Crippen LogP contribution in [0.1, 0.15) is 70.6 Å². The van der Waals surface area contributed by atoms with Gasteiger partial charge in [-0.05, 0) is 112 Å². The van der Waals surface area contributed by atoms with Crippen LogP contribution in [0, 0.1) is 41.4 Å². The van der Waals surface area contributed by atoms with E-state index in [-0.39, 0.29) is 12.4 Å². The first-order valence-electron chi connectivity index (χ1n) is 10.3. The summed E-state index contributed by atoms with van der Waals surface area (Å²) in [6, 6.07) is 0.806. The molecule has 0 aromatic carbocycles. The molecule has 2 N–H and O–H groups in total. The van der Waals surface area contributed by atoms with Crippen LogP contribution in [-0.2, 0) is 0 Å². The molecule has 0 saturated heterocycles. The zero-order valence-corrected chi connectivity index (χ0v) is 15.1. The van der Waals surface area contributed by atoms with Gasteiger partial charge in [0.05, 0.1) is 0 Å².